The van der Waals surface area contributed by atoms with Gasteiger partial charge in [-0.15, -0.1) is 0 Å². The van der Waals surface area contributed by atoms with Crippen LogP contribution in [0, 0.1) is 16.7 Å². The van der Waals surface area contributed by atoms with Crippen molar-refractivity contribution in [1.29, 1.82) is 5.26 Å². The van der Waals surface area contributed by atoms with Gasteiger partial charge in [0.1, 0.15) is 0 Å². The van der Waals surface area contributed by atoms with Gasteiger partial charge < -0.3 is 10.2 Å². The van der Waals surface area contributed by atoms with Crippen LogP contribution in [0.1, 0.15) is 13.8 Å². The molecule has 0 heterocycles. The zero-order valence-electron chi connectivity index (χ0n) is 7.45. The van der Waals surface area contributed by atoms with Gasteiger partial charge in [0, 0.05) is 11.5 Å². The van der Waals surface area contributed by atoms with E-state index >= 15 is 0 Å². The van der Waals surface area contributed by atoms with Crippen LogP contribution in [0.5, 0.6) is 0 Å². The van der Waals surface area contributed by atoms with E-state index in [2.05, 4.69) is 6.07 Å². The first-order valence-electron chi connectivity index (χ1n) is 3.80. The second-order valence-electron chi connectivity index (χ2n) is 3.35. The van der Waals surface area contributed by atoms with E-state index in [1.807, 2.05) is 13.8 Å². The second kappa shape index (κ2) is 5.41. The molecule has 0 bridgehead atoms. The molecule has 1 atom stereocenters. The lowest BCUT2D eigenvalue weighted by molar-refractivity contribution is 0.113. The molecule has 0 aromatic carbocycles. The third kappa shape index (κ3) is 5.42. The zero-order valence-corrected chi connectivity index (χ0v) is 8.27. The molecule has 0 aliphatic heterocycles. The highest BCUT2D eigenvalue weighted by Crippen LogP contribution is 2.20. The van der Waals surface area contributed by atoms with Crippen molar-refractivity contribution in [2.45, 2.75) is 20.0 Å². The van der Waals surface area contributed by atoms with Crippen LogP contribution in [-0.2, 0) is 0 Å². The summed E-state index contributed by atoms with van der Waals surface area (Å²) >= 11 is 1.48. The number of hydrogen-bond donors (Lipinski definition) is 2. The Morgan fingerprint density at radius 3 is 2.58 bits per heavy atom. The Morgan fingerprint density at radius 1 is 1.58 bits per heavy atom. The van der Waals surface area contributed by atoms with E-state index in [0.717, 1.165) is 0 Å². The molecule has 0 aromatic heterocycles. The van der Waals surface area contributed by atoms with Crippen LogP contribution in [0.15, 0.2) is 0 Å². The van der Waals surface area contributed by atoms with Crippen LogP contribution in [0.4, 0.5) is 0 Å². The molecule has 0 aliphatic rings. The molecule has 0 saturated heterocycles. The summed E-state index contributed by atoms with van der Waals surface area (Å²) in [4.78, 5) is 0. The van der Waals surface area contributed by atoms with Crippen molar-refractivity contribution < 1.29 is 10.2 Å². The number of nitriles is 1. The van der Waals surface area contributed by atoms with Crippen LogP contribution in [-0.4, -0.2) is 34.4 Å². The van der Waals surface area contributed by atoms with E-state index in [9.17, 15) is 0 Å². The number of nitrogens with zero attached hydrogens (tertiary/aromatic N) is 1. The average Bonchev–Trinajstić information content (AvgIpc) is 2.04. The smallest absolute Gasteiger partial charge is 0.0861 e. The molecule has 12 heavy (non-hydrogen) atoms. The number of thioether (sulfide) groups is 1. The predicted octanol–water partition coefficient (Wildman–Crippen LogP) is 0.623. The van der Waals surface area contributed by atoms with E-state index in [-0.39, 0.29) is 12.0 Å². The molecule has 0 fully saturated rings. The molecule has 0 aromatic rings. The van der Waals surface area contributed by atoms with E-state index < -0.39 is 6.10 Å². The highest BCUT2D eigenvalue weighted by molar-refractivity contribution is 7.99. The quantitative estimate of drug-likeness (QED) is 0.665. The third-order valence-electron chi connectivity index (χ3n) is 1.29. The molecule has 0 amide bonds. The Hall–Kier alpha value is -0.240. The Morgan fingerprint density at radius 2 is 2.17 bits per heavy atom. The van der Waals surface area contributed by atoms with Gasteiger partial charge in [0.25, 0.3) is 0 Å². The first-order valence-corrected chi connectivity index (χ1v) is 4.95. The van der Waals surface area contributed by atoms with E-state index in [0.29, 0.717) is 11.5 Å². The molecule has 1 unspecified atom stereocenters. The van der Waals surface area contributed by atoms with E-state index in [1.165, 1.54) is 11.8 Å². The monoisotopic (exact) mass is 189 g/mol. The van der Waals surface area contributed by atoms with Crippen LogP contribution < -0.4 is 0 Å². The number of aliphatic hydroxyl groups is 2. The maximum Gasteiger partial charge on any atom is 0.0861 e. The molecule has 3 nitrogen and oxygen atoms in total. The molecule has 0 aliphatic carbocycles. The summed E-state index contributed by atoms with van der Waals surface area (Å²) in [6, 6.07) is 2.17. The molecule has 0 radical (unpaired) electrons. The Kier molecular flexibility index (Phi) is 5.31. The molecule has 4 heteroatoms. The second-order valence-corrected chi connectivity index (χ2v) is 4.38. The SMILES string of the molecule is CC(C)(C#N)CSCC(O)CO. The van der Waals surface area contributed by atoms with Crippen molar-refractivity contribution in [3.05, 3.63) is 0 Å². The van der Waals surface area contributed by atoms with Gasteiger partial charge in [0.15, 0.2) is 0 Å². The average molecular weight is 189 g/mol. The van der Waals surface area contributed by atoms with Gasteiger partial charge in [-0.25, -0.2) is 0 Å². The zero-order chi connectivity index (χ0) is 9.61. The van der Waals surface area contributed by atoms with Crippen LogP contribution >= 0.6 is 11.8 Å². The number of hydrogen-bond acceptors (Lipinski definition) is 4. The summed E-state index contributed by atoms with van der Waals surface area (Å²) < 4.78 is 0. The van der Waals surface area contributed by atoms with Gasteiger partial charge in [0.05, 0.1) is 24.2 Å². The number of aliphatic hydroxyl groups excluding tert-OH is 2. The van der Waals surface area contributed by atoms with Gasteiger partial charge >= 0.3 is 0 Å². The molecule has 0 spiro atoms. The fourth-order valence-corrected chi connectivity index (χ4v) is 1.61. The summed E-state index contributed by atoms with van der Waals surface area (Å²) in [7, 11) is 0. The molecule has 0 saturated carbocycles. The molecule has 2 N–H and O–H groups in total. The maximum absolute atomic E-state index is 8.97. The highest BCUT2D eigenvalue weighted by atomic mass is 32.2. The van der Waals surface area contributed by atoms with Crippen molar-refractivity contribution in [3.63, 3.8) is 0 Å². The summed E-state index contributed by atoms with van der Waals surface area (Å²) in [6.45, 7) is 3.50. The van der Waals surface area contributed by atoms with Crippen LogP contribution in [0.3, 0.4) is 0 Å². The topological polar surface area (TPSA) is 64.2 Å². The summed E-state index contributed by atoms with van der Waals surface area (Å²) in [5.41, 5.74) is -0.347. The van der Waals surface area contributed by atoms with Crippen molar-refractivity contribution in [2.75, 3.05) is 18.1 Å². The standard InChI is InChI=1S/C8H15NO2S/c1-8(2,5-9)6-12-4-7(11)3-10/h7,10-11H,3-4,6H2,1-2H3. The summed E-state index contributed by atoms with van der Waals surface area (Å²) in [5, 5.41) is 26.1. The normalized spacial score (nSPS) is 13.9. The van der Waals surface area contributed by atoms with Gasteiger partial charge in [-0.05, 0) is 13.8 Å². The lowest BCUT2D eigenvalue weighted by Crippen LogP contribution is -2.18. The first-order chi connectivity index (χ1) is 5.52. The van der Waals surface area contributed by atoms with Gasteiger partial charge in [-0.1, -0.05) is 0 Å². The largest absolute Gasteiger partial charge is 0.394 e. The lowest BCUT2D eigenvalue weighted by Gasteiger charge is -2.15. The highest BCUT2D eigenvalue weighted by Gasteiger charge is 2.16. The minimum absolute atomic E-state index is 0.208. The third-order valence-corrected chi connectivity index (χ3v) is 2.83. The molecular weight excluding hydrogens is 174 g/mol. The summed E-state index contributed by atoms with van der Waals surface area (Å²) in [6.07, 6.45) is -0.663. The summed E-state index contributed by atoms with van der Waals surface area (Å²) in [5.74, 6) is 1.17. The van der Waals surface area contributed by atoms with Crippen molar-refractivity contribution in [2.24, 2.45) is 5.41 Å². The Balaban J connectivity index is 3.51. The van der Waals surface area contributed by atoms with Crippen molar-refractivity contribution in [3.8, 4) is 6.07 Å². The van der Waals surface area contributed by atoms with Gasteiger partial charge in [-0.3, -0.25) is 0 Å². The molecular formula is C8H15NO2S. The Labute approximate surface area is 77.4 Å². The number of rotatable bonds is 5. The maximum atomic E-state index is 8.97. The van der Waals surface area contributed by atoms with Crippen molar-refractivity contribution >= 4 is 11.8 Å². The minimum Gasteiger partial charge on any atom is -0.394 e. The van der Waals surface area contributed by atoms with Crippen molar-refractivity contribution in [1.82, 2.24) is 0 Å². The van der Waals surface area contributed by atoms with E-state index in [4.69, 9.17) is 15.5 Å². The fraction of sp³-hybridized carbons (Fsp3) is 0.875. The first kappa shape index (κ1) is 11.8. The van der Waals surface area contributed by atoms with Gasteiger partial charge in [-0.2, -0.15) is 17.0 Å². The van der Waals surface area contributed by atoms with Gasteiger partial charge in [0.2, 0.25) is 0 Å². The van der Waals surface area contributed by atoms with E-state index in [1.54, 1.807) is 0 Å². The lowest BCUT2D eigenvalue weighted by atomic mass is 10.00. The predicted molar refractivity (Wildman–Crippen MR) is 49.8 cm³/mol. The Bertz CT molecular complexity index is 165. The van der Waals surface area contributed by atoms with Crippen LogP contribution in [0.2, 0.25) is 0 Å². The molecule has 0 rings (SSSR count). The molecule has 70 valence electrons. The minimum atomic E-state index is -0.663. The van der Waals surface area contributed by atoms with Crippen LogP contribution in [0.25, 0.3) is 0 Å². The fourth-order valence-electron chi connectivity index (χ4n) is 0.535.